The molecule has 0 bridgehead atoms. The van der Waals surface area contributed by atoms with Gasteiger partial charge < -0.3 is 14.4 Å². The fourth-order valence-electron chi connectivity index (χ4n) is 3.29. The minimum Gasteiger partial charge on any atom is -0.490 e. The standard InChI is InChI=1S/C25H27BrN2O5S/c1-19-9-5-4-8-16-34(30,31)27-24(19)28(2)17-23(18-32-22-10-6-3-7-11-22)33-25(29)20-12-14-21(26)15-13-20/h3-15,19,23H,16-18H2,1-2H3/b8-4-,9-5-,27-24+. The number of carbonyl (C=O) groups is 1. The molecule has 2 aromatic carbocycles. The van der Waals surface area contributed by atoms with Crippen molar-refractivity contribution in [2.24, 2.45) is 10.3 Å². The number of esters is 1. The van der Waals surface area contributed by atoms with Crippen LogP contribution in [-0.2, 0) is 14.8 Å². The summed E-state index contributed by atoms with van der Waals surface area (Å²) in [4.78, 5) is 14.5. The lowest BCUT2D eigenvalue weighted by molar-refractivity contribution is 0.0128. The second-order valence-electron chi connectivity index (χ2n) is 7.84. The number of ether oxygens (including phenoxy) is 2. The molecule has 1 aliphatic rings. The Morgan fingerprint density at radius 2 is 1.85 bits per heavy atom. The third-order valence-corrected chi connectivity index (χ3v) is 6.60. The van der Waals surface area contributed by atoms with Gasteiger partial charge in [0.15, 0.2) is 6.10 Å². The third kappa shape index (κ3) is 7.85. The van der Waals surface area contributed by atoms with E-state index in [1.54, 1.807) is 54.4 Å². The topological polar surface area (TPSA) is 85.3 Å². The fraction of sp³-hybridized carbons (Fsp3) is 0.280. The van der Waals surface area contributed by atoms with Crippen molar-refractivity contribution in [2.75, 3.05) is 26.0 Å². The molecule has 0 aliphatic carbocycles. The van der Waals surface area contributed by atoms with Crippen LogP contribution >= 0.6 is 15.9 Å². The smallest absolute Gasteiger partial charge is 0.338 e. The fourth-order valence-corrected chi connectivity index (χ4v) is 4.57. The molecule has 0 fully saturated rings. The molecule has 2 unspecified atom stereocenters. The van der Waals surface area contributed by atoms with Gasteiger partial charge in [-0.05, 0) is 36.4 Å². The van der Waals surface area contributed by atoms with E-state index in [1.165, 1.54) is 0 Å². The second kappa shape index (κ2) is 12.0. The molecule has 0 radical (unpaired) electrons. The molecule has 0 saturated heterocycles. The van der Waals surface area contributed by atoms with Crippen LogP contribution in [0.15, 0.2) is 87.8 Å². The molecule has 0 saturated carbocycles. The van der Waals surface area contributed by atoms with E-state index >= 15 is 0 Å². The van der Waals surface area contributed by atoms with Crippen LogP contribution in [-0.4, -0.2) is 57.2 Å². The quantitative estimate of drug-likeness (QED) is 0.476. The monoisotopic (exact) mass is 546 g/mol. The Morgan fingerprint density at radius 1 is 1.15 bits per heavy atom. The lowest BCUT2D eigenvalue weighted by Gasteiger charge is -2.28. The number of sulfonamides is 1. The highest BCUT2D eigenvalue weighted by Crippen LogP contribution is 2.16. The highest BCUT2D eigenvalue weighted by molar-refractivity contribution is 9.10. The van der Waals surface area contributed by atoms with E-state index in [9.17, 15) is 13.2 Å². The zero-order chi connectivity index (χ0) is 24.6. The summed E-state index contributed by atoms with van der Waals surface area (Å²) in [7, 11) is -1.95. The normalized spacial score (nSPS) is 21.5. The SMILES string of the molecule is CC1/C=C\C=C/CS(=O)(=O)/N=C\1N(C)CC(COc1ccccc1)OC(=O)c1ccc(Br)cc1. The first-order chi connectivity index (χ1) is 16.2. The van der Waals surface area contributed by atoms with Crippen molar-refractivity contribution in [1.82, 2.24) is 4.90 Å². The maximum atomic E-state index is 12.8. The number of rotatable bonds is 7. The average molecular weight is 547 g/mol. The van der Waals surface area contributed by atoms with Crippen LogP contribution in [0.2, 0.25) is 0 Å². The van der Waals surface area contributed by atoms with Crippen LogP contribution in [0.25, 0.3) is 0 Å². The summed E-state index contributed by atoms with van der Waals surface area (Å²) in [5, 5.41) is 0. The first-order valence-corrected chi connectivity index (χ1v) is 13.1. The van der Waals surface area contributed by atoms with Crippen LogP contribution in [0.3, 0.4) is 0 Å². The Kier molecular flexibility index (Phi) is 9.06. The number of likely N-dealkylation sites (N-methyl/N-ethyl adjacent to an activating group) is 1. The van der Waals surface area contributed by atoms with Gasteiger partial charge in [-0.25, -0.2) is 13.2 Å². The van der Waals surface area contributed by atoms with Crippen molar-refractivity contribution in [1.29, 1.82) is 0 Å². The van der Waals surface area contributed by atoms with Crippen LogP contribution in [0, 0.1) is 5.92 Å². The summed E-state index contributed by atoms with van der Waals surface area (Å²) in [6.45, 7) is 2.14. The molecule has 0 spiro atoms. The van der Waals surface area contributed by atoms with Gasteiger partial charge in [0.1, 0.15) is 18.2 Å². The van der Waals surface area contributed by atoms with Crippen molar-refractivity contribution in [3.05, 3.63) is 88.9 Å². The molecule has 9 heteroatoms. The van der Waals surface area contributed by atoms with Crippen molar-refractivity contribution in [2.45, 2.75) is 13.0 Å². The molecule has 0 amide bonds. The number of amidine groups is 1. The Labute approximate surface area is 209 Å². The second-order valence-corrected chi connectivity index (χ2v) is 10.4. The van der Waals surface area contributed by atoms with Crippen molar-refractivity contribution >= 4 is 37.8 Å². The number of hydrogen-bond donors (Lipinski definition) is 0. The summed E-state index contributed by atoms with van der Waals surface area (Å²) in [6.07, 6.45) is 6.24. The van der Waals surface area contributed by atoms with Crippen LogP contribution in [0.5, 0.6) is 5.75 Å². The van der Waals surface area contributed by atoms with E-state index < -0.39 is 22.1 Å². The van der Waals surface area contributed by atoms with Gasteiger partial charge in [-0.1, -0.05) is 65.4 Å². The molecule has 7 nitrogen and oxygen atoms in total. The highest BCUT2D eigenvalue weighted by atomic mass is 79.9. The number of nitrogens with zero attached hydrogens (tertiary/aromatic N) is 2. The van der Waals surface area contributed by atoms with Gasteiger partial charge in [-0.15, -0.1) is 4.40 Å². The van der Waals surface area contributed by atoms with E-state index in [0.29, 0.717) is 17.1 Å². The Balaban J connectivity index is 1.80. The van der Waals surface area contributed by atoms with Crippen molar-refractivity contribution in [3.63, 3.8) is 0 Å². The zero-order valence-corrected chi connectivity index (χ0v) is 21.4. The molecular formula is C25H27BrN2O5S. The van der Waals surface area contributed by atoms with Gasteiger partial charge >= 0.3 is 5.97 Å². The maximum Gasteiger partial charge on any atom is 0.338 e. The van der Waals surface area contributed by atoms with Gasteiger partial charge in [0.2, 0.25) is 0 Å². The predicted octanol–water partition coefficient (Wildman–Crippen LogP) is 4.48. The Hall–Kier alpha value is -2.91. The molecule has 2 aromatic rings. The minimum atomic E-state index is -3.68. The van der Waals surface area contributed by atoms with Crippen LogP contribution in [0.4, 0.5) is 0 Å². The van der Waals surface area contributed by atoms with Gasteiger partial charge in [0.25, 0.3) is 10.0 Å². The van der Waals surface area contributed by atoms with Gasteiger partial charge in [-0.3, -0.25) is 0 Å². The molecule has 34 heavy (non-hydrogen) atoms. The average Bonchev–Trinajstić information content (AvgIpc) is 2.87. The summed E-state index contributed by atoms with van der Waals surface area (Å²) in [5.74, 6) is 0.0635. The largest absolute Gasteiger partial charge is 0.490 e. The maximum absolute atomic E-state index is 12.8. The van der Waals surface area contributed by atoms with E-state index in [2.05, 4.69) is 20.3 Å². The minimum absolute atomic E-state index is 0.0857. The first kappa shape index (κ1) is 25.7. The van der Waals surface area contributed by atoms with E-state index in [1.807, 2.05) is 43.3 Å². The Morgan fingerprint density at radius 3 is 2.56 bits per heavy atom. The molecule has 180 valence electrons. The van der Waals surface area contributed by atoms with Crippen LogP contribution in [0.1, 0.15) is 17.3 Å². The summed E-state index contributed by atoms with van der Waals surface area (Å²) in [5.41, 5.74) is 0.403. The number of benzene rings is 2. The molecule has 1 aliphatic heterocycles. The van der Waals surface area contributed by atoms with E-state index in [-0.39, 0.29) is 24.8 Å². The van der Waals surface area contributed by atoms with Gasteiger partial charge in [-0.2, -0.15) is 0 Å². The van der Waals surface area contributed by atoms with Crippen LogP contribution < -0.4 is 4.74 Å². The summed E-state index contributed by atoms with van der Waals surface area (Å²) in [6, 6.07) is 16.1. The van der Waals surface area contributed by atoms with E-state index in [0.717, 1.165) is 4.47 Å². The zero-order valence-electron chi connectivity index (χ0n) is 19.0. The number of carbonyl (C=O) groups excluding carboxylic acids is 1. The van der Waals surface area contributed by atoms with Crippen molar-refractivity contribution in [3.8, 4) is 5.75 Å². The third-order valence-electron chi connectivity index (χ3n) is 5.00. The molecule has 0 N–H and O–H groups in total. The molecule has 0 aromatic heterocycles. The first-order valence-electron chi connectivity index (χ1n) is 10.7. The highest BCUT2D eigenvalue weighted by Gasteiger charge is 2.24. The molecule has 1 heterocycles. The molecule has 3 rings (SSSR count). The number of hydrogen-bond acceptors (Lipinski definition) is 6. The van der Waals surface area contributed by atoms with Gasteiger partial charge in [0.05, 0.1) is 17.9 Å². The van der Waals surface area contributed by atoms with Gasteiger partial charge in [0, 0.05) is 17.4 Å². The predicted molar refractivity (Wildman–Crippen MR) is 137 cm³/mol. The lowest BCUT2D eigenvalue weighted by Crippen LogP contribution is -2.42. The summed E-state index contributed by atoms with van der Waals surface area (Å²) < 4.78 is 41.4. The Bertz CT molecular complexity index is 1160. The van der Waals surface area contributed by atoms with E-state index in [4.69, 9.17) is 9.47 Å². The number of para-hydroxylation sites is 1. The molecule has 2 atom stereocenters. The molecular weight excluding hydrogens is 520 g/mol. The lowest BCUT2D eigenvalue weighted by atomic mass is 10.1. The summed E-state index contributed by atoms with van der Waals surface area (Å²) >= 11 is 3.35. The number of allylic oxidation sites excluding steroid dienone is 2. The number of halogens is 1. The van der Waals surface area contributed by atoms with Crippen molar-refractivity contribution < 1.29 is 22.7 Å².